The minimum Gasteiger partial charge on any atom is -0.381 e. The predicted octanol–water partition coefficient (Wildman–Crippen LogP) is 0.898. The predicted molar refractivity (Wildman–Crippen MR) is 31.1 cm³/mol. The van der Waals surface area contributed by atoms with Gasteiger partial charge in [0.25, 0.3) is 0 Å². The molecular weight excluding hydrogens is 95.0 g/mol. The van der Waals surface area contributed by atoms with Crippen molar-refractivity contribution in [1.29, 1.82) is 0 Å². The summed E-state index contributed by atoms with van der Waals surface area (Å²) in [6.07, 6.45) is 1.05. The number of hydrogen-bond acceptors (Lipinski definition) is 1. The van der Waals surface area contributed by atoms with Gasteiger partial charge in [0.2, 0.25) is 0 Å². The van der Waals surface area contributed by atoms with Crippen LogP contribution in [0.25, 0.3) is 0 Å². The average Bonchev–Trinajstić information content (AvgIpc) is 1.61. The van der Waals surface area contributed by atoms with Crippen LogP contribution in [0.15, 0.2) is 0 Å². The third kappa shape index (κ3) is 4.39. The van der Waals surface area contributed by atoms with Crippen LogP contribution in [0.4, 0.5) is 0 Å². The minimum absolute atomic E-state index is 0.842. The SMILES string of the molecule is CCOCCP. The van der Waals surface area contributed by atoms with Crippen molar-refractivity contribution in [2.24, 2.45) is 0 Å². The normalized spacial score (nSPS) is 9.00. The van der Waals surface area contributed by atoms with Crippen LogP contribution in [0, 0.1) is 0 Å². The fourth-order valence-corrected chi connectivity index (χ4v) is 0.394. The number of ether oxygens (including phenoxy) is 1. The third-order valence-electron chi connectivity index (χ3n) is 0.466. The Morgan fingerprint density at radius 3 is 2.50 bits per heavy atom. The van der Waals surface area contributed by atoms with Crippen molar-refractivity contribution in [2.75, 3.05) is 19.4 Å². The molecule has 1 nitrogen and oxygen atoms in total. The standard InChI is InChI=1S/C4H11OP/c1-2-5-3-4-6/h2-4,6H2,1H3. The van der Waals surface area contributed by atoms with E-state index in [1.54, 1.807) is 0 Å². The van der Waals surface area contributed by atoms with E-state index in [9.17, 15) is 0 Å². The zero-order valence-electron chi connectivity index (χ0n) is 4.11. The second-order valence-electron chi connectivity index (χ2n) is 0.986. The molecule has 6 heavy (non-hydrogen) atoms. The molecule has 1 unspecified atom stereocenters. The molecule has 0 aliphatic rings. The first-order valence-corrected chi connectivity index (χ1v) is 3.01. The molecule has 2 heteroatoms. The Morgan fingerprint density at radius 1 is 1.67 bits per heavy atom. The molecule has 0 rings (SSSR count). The van der Waals surface area contributed by atoms with Gasteiger partial charge in [-0.05, 0) is 13.1 Å². The molecule has 0 aliphatic carbocycles. The minimum atomic E-state index is 0.842. The number of hydrogen-bond donors (Lipinski definition) is 0. The molecule has 0 radical (unpaired) electrons. The van der Waals surface area contributed by atoms with E-state index in [0.717, 1.165) is 19.4 Å². The molecule has 0 saturated heterocycles. The highest BCUT2D eigenvalue weighted by molar-refractivity contribution is 7.16. The Morgan fingerprint density at radius 2 is 2.33 bits per heavy atom. The third-order valence-corrected chi connectivity index (χ3v) is 0.702. The second-order valence-corrected chi connectivity index (χ2v) is 1.56. The van der Waals surface area contributed by atoms with Gasteiger partial charge in [-0.25, -0.2) is 0 Å². The van der Waals surface area contributed by atoms with Gasteiger partial charge in [0, 0.05) is 13.2 Å². The molecule has 0 bridgehead atoms. The lowest BCUT2D eigenvalue weighted by Gasteiger charge is -1.91. The van der Waals surface area contributed by atoms with Crippen molar-refractivity contribution in [3.63, 3.8) is 0 Å². The largest absolute Gasteiger partial charge is 0.381 e. The summed E-state index contributed by atoms with van der Waals surface area (Å²) in [5, 5.41) is 0. The summed E-state index contributed by atoms with van der Waals surface area (Å²) >= 11 is 0. The van der Waals surface area contributed by atoms with Crippen molar-refractivity contribution < 1.29 is 4.74 Å². The van der Waals surface area contributed by atoms with Gasteiger partial charge in [-0.15, -0.1) is 9.24 Å². The van der Waals surface area contributed by atoms with Gasteiger partial charge >= 0.3 is 0 Å². The van der Waals surface area contributed by atoms with Gasteiger partial charge in [0.1, 0.15) is 0 Å². The summed E-state index contributed by atoms with van der Waals surface area (Å²) in [7, 11) is 2.60. The van der Waals surface area contributed by atoms with Crippen LogP contribution in [0.5, 0.6) is 0 Å². The van der Waals surface area contributed by atoms with Crippen LogP contribution in [-0.2, 0) is 4.74 Å². The van der Waals surface area contributed by atoms with E-state index in [2.05, 4.69) is 9.24 Å². The van der Waals surface area contributed by atoms with E-state index < -0.39 is 0 Å². The molecule has 0 aliphatic heterocycles. The molecular formula is C4H11OP. The monoisotopic (exact) mass is 106 g/mol. The molecule has 0 N–H and O–H groups in total. The molecule has 0 aromatic rings. The van der Waals surface area contributed by atoms with Gasteiger partial charge in [0.15, 0.2) is 0 Å². The fourth-order valence-electron chi connectivity index (χ4n) is 0.228. The van der Waals surface area contributed by atoms with E-state index in [0.29, 0.717) is 0 Å². The Labute approximate surface area is 41.3 Å². The lowest BCUT2D eigenvalue weighted by molar-refractivity contribution is 0.164. The highest BCUT2D eigenvalue weighted by Gasteiger charge is 1.72. The maximum absolute atomic E-state index is 4.96. The Hall–Kier alpha value is 0.390. The van der Waals surface area contributed by atoms with E-state index in [4.69, 9.17) is 4.74 Å². The molecule has 38 valence electrons. The molecule has 0 saturated carbocycles. The maximum atomic E-state index is 4.96. The highest BCUT2D eigenvalue weighted by atomic mass is 31.0. The average molecular weight is 106 g/mol. The summed E-state index contributed by atoms with van der Waals surface area (Å²) in [5.41, 5.74) is 0. The highest BCUT2D eigenvalue weighted by Crippen LogP contribution is 1.79. The Balaban J connectivity index is 2.34. The first-order valence-electron chi connectivity index (χ1n) is 2.19. The summed E-state index contributed by atoms with van der Waals surface area (Å²) in [6, 6.07) is 0. The van der Waals surface area contributed by atoms with Crippen molar-refractivity contribution >= 4 is 9.24 Å². The second kappa shape index (κ2) is 5.39. The summed E-state index contributed by atoms with van der Waals surface area (Å²) in [4.78, 5) is 0. The van der Waals surface area contributed by atoms with Crippen LogP contribution >= 0.6 is 9.24 Å². The van der Waals surface area contributed by atoms with Gasteiger partial charge in [-0.1, -0.05) is 0 Å². The van der Waals surface area contributed by atoms with Crippen molar-refractivity contribution in [2.45, 2.75) is 6.92 Å². The van der Waals surface area contributed by atoms with Crippen LogP contribution in [0.1, 0.15) is 6.92 Å². The van der Waals surface area contributed by atoms with Gasteiger partial charge < -0.3 is 4.74 Å². The van der Waals surface area contributed by atoms with Gasteiger partial charge in [0.05, 0.1) is 0 Å². The molecule has 1 atom stereocenters. The lowest BCUT2D eigenvalue weighted by Crippen LogP contribution is -1.91. The van der Waals surface area contributed by atoms with Crippen LogP contribution in [0.3, 0.4) is 0 Å². The van der Waals surface area contributed by atoms with E-state index in [-0.39, 0.29) is 0 Å². The van der Waals surface area contributed by atoms with E-state index >= 15 is 0 Å². The van der Waals surface area contributed by atoms with Crippen molar-refractivity contribution in [3.05, 3.63) is 0 Å². The smallest absolute Gasteiger partial charge is 0.0500 e. The molecule has 0 spiro atoms. The van der Waals surface area contributed by atoms with Crippen LogP contribution in [0.2, 0.25) is 0 Å². The maximum Gasteiger partial charge on any atom is 0.0500 e. The number of rotatable bonds is 3. The van der Waals surface area contributed by atoms with Crippen molar-refractivity contribution in [3.8, 4) is 0 Å². The van der Waals surface area contributed by atoms with E-state index in [1.165, 1.54) is 0 Å². The molecule has 0 aromatic carbocycles. The zero-order valence-corrected chi connectivity index (χ0v) is 5.26. The molecule has 0 amide bonds. The Bertz CT molecular complexity index is 19.5. The van der Waals surface area contributed by atoms with Crippen LogP contribution < -0.4 is 0 Å². The van der Waals surface area contributed by atoms with Gasteiger partial charge in [-0.2, -0.15) is 0 Å². The zero-order chi connectivity index (χ0) is 4.83. The Kier molecular flexibility index (Phi) is 5.74. The molecule has 0 aromatic heterocycles. The quantitative estimate of drug-likeness (QED) is 0.383. The molecule has 0 fully saturated rings. The first-order chi connectivity index (χ1) is 2.91. The van der Waals surface area contributed by atoms with Crippen molar-refractivity contribution in [1.82, 2.24) is 0 Å². The van der Waals surface area contributed by atoms with E-state index in [1.807, 2.05) is 6.92 Å². The summed E-state index contributed by atoms with van der Waals surface area (Å²) < 4.78 is 4.96. The fraction of sp³-hybridized carbons (Fsp3) is 1.00. The summed E-state index contributed by atoms with van der Waals surface area (Å²) in [5.74, 6) is 0. The topological polar surface area (TPSA) is 9.23 Å². The summed E-state index contributed by atoms with van der Waals surface area (Å²) in [6.45, 7) is 3.72. The van der Waals surface area contributed by atoms with Crippen LogP contribution in [-0.4, -0.2) is 19.4 Å². The lowest BCUT2D eigenvalue weighted by atomic mass is 10.8. The molecule has 0 heterocycles. The first kappa shape index (κ1) is 6.39. The van der Waals surface area contributed by atoms with Gasteiger partial charge in [-0.3, -0.25) is 0 Å².